The van der Waals surface area contributed by atoms with Crippen molar-refractivity contribution >= 4 is 32.8 Å². The fraction of sp³-hybridized carbons (Fsp3) is 0.200. The van der Waals surface area contributed by atoms with Crippen LogP contribution in [0.3, 0.4) is 0 Å². The molecule has 1 heterocycles. The lowest BCUT2D eigenvalue weighted by molar-refractivity contribution is -0.138. The zero-order valence-corrected chi connectivity index (χ0v) is 9.86. The topological polar surface area (TPSA) is 92.0 Å². The van der Waals surface area contributed by atoms with Crippen molar-refractivity contribution in [3.8, 4) is 0 Å². The molecule has 0 aliphatic carbocycles. The van der Waals surface area contributed by atoms with Crippen molar-refractivity contribution < 1.29 is 9.90 Å². The number of fused-ring (bicyclic) bond motifs is 1. The molecule has 0 saturated heterocycles. The molecule has 1 atom stereocenters. The van der Waals surface area contributed by atoms with Gasteiger partial charge in [0.15, 0.2) is 0 Å². The number of aliphatic carboxylic acids is 1. The van der Waals surface area contributed by atoms with Gasteiger partial charge in [0.05, 0.1) is 5.52 Å². The summed E-state index contributed by atoms with van der Waals surface area (Å²) in [6.45, 7) is 0. The van der Waals surface area contributed by atoms with Crippen LogP contribution in [-0.2, 0) is 11.2 Å². The van der Waals surface area contributed by atoms with Crippen molar-refractivity contribution in [1.29, 1.82) is 0 Å². The van der Waals surface area contributed by atoms with Crippen molar-refractivity contribution in [2.75, 3.05) is 0 Å². The normalized spacial score (nSPS) is 12.9. The predicted octanol–water partition coefficient (Wildman–Crippen LogP) is 1.28. The Balaban J connectivity index is 2.44. The fourth-order valence-corrected chi connectivity index (χ4v) is 2.14. The number of carboxylic acid groups (broad SMARTS) is 1. The van der Waals surface area contributed by atoms with Crippen LogP contribution in [0.4, 0.5) is 0 Å². The van der Waals surface area contributed by atoms with Gasteiger partial charge < -0.3 is 10.8 Å². The maximum atomic E-state index is 10.7. The average molecular weight is 284 g/mol. The molecule has 16 heavy (non-hydrogen) atoms. The number of nitrogens with zero attached hydrogens (tertiary/aromatic N) is 1. The van der Waals surface area contributed by atoms with Gasteiger partial charge in [-0.25, -0.2) is 0 Å². The molecule has 2 aromatic rings. The molecule has 5 nitrogen and oxygen atoms in total. The quantitative estimate of drug-likeness (QED) is 0.791. The maximum Gasteiger partial charge on any atom is 0.320 e. The molecule has 1 unspecified atom stereocenters. The van der Waals surface area contributed by atoms with Gasteiger partial charge in [-0.1, -0.05) is 12.1 Å². The van der Waals surface area contributed by atoms with Crippen molar-refractivity contribution in [3.63, 3.8) is 0 Å². The average Bonchev–Trinajstić information content (AvgIpc) is 2.61. The highest BCUT2D eigenvalue weighted by Crippen LogP contribution is 2.25. The second kappa shape index (κ2) is 4.23. The van der Waals surface area contributed by atoms with Gasteiger partial charge in [0.1, 0.15) is 10.6 Å². The van der Waals surface area contributed by atoms with Gasteiger partial charge in [-0.2, -0.15) is 5.10 Å². The molecule has 0 fully saturated rings. The Morgan fingerprint density at radius 1 is 1.62 bits per heavy atom. The summed E-state index contributed by atoms with van der Waals surface area (Å²) in [5.41, 5.74) is 7.17. The monoisotopic (exact) mass is 283 g/mol. The van der Waals surface area contributed by atoms with Gasteiger partial charge in [0.25, 0.3) is 0 Å². The van der Waals surface area contributed by atoms with E-state index in [-0.39, 0.29) is 6.42 Å². The highest BCUT2D eigenvalue weighted by Gasteiger charge is 2.15. The van der Waals surface area contributed by atoms with E-state index in [0.717, 1.165) is 21.1 Å². The van der Waals surface area contributed by atoms with E-state index >= 15 is 0 Å². The number of aromatic amines is 1. The van der Waals surface area contributed by atoms with Gasteiger partial charge in [0, 0.05) is 5.39 Å². The standard InChI is InChI=1S/C10H10BrN3O2/c11-9-8-5(4-6(12)10(15)16)2-1-3-7(8)13-14-9/h1-3,6H,4,12H2,(H,13,14)(H,15,16). The number of hydrogen-bond acceptors (Lipinski definition) is 3. The molecule has 0 spiro atoms. The van der Waals surface area contributed by atoms with Crippen LogP contribution in [0, 0.1) is 0 Å². The first-order valence-corrected chi connectivity index (χ1v) is 5.48. The van der Waals surface area contributed by atoms with Gasteiger partial charge in [0.2, 0.25) is 0 Å². The lowest BCUT2D eigenvalue weighted by Gasteiger charge is -2.07. The number of nitrogens with two attached hydrogens (primary N) is 1. The third-order valence-electron chi connectivity index (χ3n) is 2.38. The van der Waals surface area contributed by atoms with Crippen LogP contribution >= 0.6 is 15.9 Å². The molecule has 0 amide bonds. The summed E-state index contributed by atoms with van der Waals surface area (Å²) in [6, 6.07) is 4.64. The zero-order valence-electron chi connectivity index (χ0n) is 8.27. The lowest BCUT2D eigenvalue weighted by Crippen LogP contribution is -2.32. The molecule has 1 aromatic heterocycles. The van der Waals surface area contributed by atoms with Crippen LogP contribution in [-0.4, -0.2) is 27.3 Å². The Morgan fingerprint density at radius 3 is 3.06 bits per heavy atom. The van der Waals surface area contributed by atoms with E-state index in [2.05, 4.69) is 26.1 Å². The number of H-pyrrole nitrogens is 1. The number of carboxylic acids is 1. The maximum absolute atomic E-state index is 10.7. The molecule has 2 rings (SSSR count). The molecular weight excluding hydrogens is 274 g/mol. The van der Waals surface area contributed by atoms with Crippen LogP contribution in [0.15, 0.2) is 22.8 Å². The number of hydrogen-bond donors (Lipinski definition) is 3. The summed E-state index contributed by atoms with van der Waals surface area (Å²) in [5, 5.41) is 16.5. The molecule has 0 saturated carbocycles. The third-order valence-corrected chi connectivity index (χ3v) is 2.95. The van der Waals surface area contributed by atoms with Crippen molar-refractivity contribution in [2.45, 2.75) is 12.5 Å². The molecule has 6 heteroatoms. The number of carbonyl (C=O) groups is 1. The summed E-state index contributed by atoms with van der Waals surface area (Å²) >= 11 is 3.34. The molecule has 1 aromatic carbocycles. The Hall–Kier alpha value is -1.40. The minimum absolute atomic E-state index is 0.283. The van der Waals surface area contributed by atoms with Crippen molar-refractivity contribution in [2.24, 2.45) is 5.73 Å². The van der Waals surface area contributed by atoms with Gasteiger partial charge in [-0.05, 0) is 34.0 Å². The van der Waals surface area contributed by atoms with E-state index in [1.54, 1.807) is 0 Å². The first-order chi connectivity index (χ1) is 7.59. The van der Waals surface area contributed by atoms with Crippen LogP contribution in [0.25, 0.3) is 10.9 Å². The van der Waals surface area contributed by atoms with E-state index in [1.165, 1.54) is 0 Å². The minimum atomic E-state index is -1.00. The Bertz CT molecular complexity index is 538. The van der Waals surface area contributed by atoms with E-state index < -0.39 is 12.0 Å². The van der Waals surface area contributed by atoms with Crippen LogP contribution in [0.2, 0.25) is 0 Å². The van der Waals surface area contributed by atoms with E-state index in [9.17, 15) is 4.79 Å². The highest BCUT2D eigenvalue weighted by atomic mass is 79.9. The molecule has 0 bridgehead atoms. The second-order valence-electron chi connectivity index (χ2n) is 3.50. The third kappa shape index (κ3) is 1.94. The number of aromatic nitrogens is 2. The summed E-state index contributed by atoms with van der Waals surface area (Å²) in [7, 11) is 0. The number of benzene rings is 1. The van der Waals surface area contributed by atoms with Gasteiger partial charge in [-0.3, -0.25) is 9.89 Å². The number of nitrogens with one attached hydrogen (secondary N) is 1. The minimum Gasteiger partial charge on any atom is -0.480 e. The van der Waals surface area contributed by atoms with Crippen LogP contribution in [0.1, 0.15) is 5.56 Å². The molecule has 0 aliphatic rings. The van der Waals surface area contributed by atoms with Crippen molar-refractivity contribution in [3.05, 3.63) is 28.4 Å². The summed E-state index contributed by atoms with van der Waals surface area (Å²) in [4.78, 5) is 10.7. The zero-order chi connectivity index (χ0) is 11.7. The molecular formula is C10H10BrN3O2. The van der Waals surface area contributed by atoms with Crippen LogP contribution < -0.4 is 5.73 Å². The largest absolute Gasteiger partial charge is 0.480 e. The van der Waals surface area contributed by atoms with Crippen LogP contribution in [0.5, 0.6) is 0 Å². The van der Waals surface area contributed by atoms with Gasteiger partial charge in [-0.15, -0.1) is 0 Å². The number of halogens is 1. The smallest absolute Gasteiger partial charge is 0.320 e. The predicted molar refractivity (Wildman–Crippen MR) is 63.1 cm³/mol. The molecule has 84 valence electrons. The fourth-order valence-electron chi connectivity index (χ4n) is 1.59. The van der Waals surface area contributed by atoms with E-state index in [0.29, 0.717) is 0 Å². The SMILES string of the molecule is NC(Cc1cccc2n[nH]c(Br)c12)C(=O)O. The van der Waals surface area contributed by atoms with Crippen molar-refractivity contribution in [1.82, 2.24) is 10.2 Å². The summed E-state index contributed by atoms with van der Waals surface area (Å²) in [6.07, 6.45) is 0.283. The molecule has 0 aliphatic heterocycles. The Labute approximate surface area is 99.8 Å². The number of rotatable bonds is 3. The van der Waals surface area contributed by atoms with E-state index in [1.807, 2.05) is 18.2 Å². The van der Waals surface area contributed by atoms with E-state index in [4.69, 9.17) is 10.8 Å². The first-order valence-electron chi connectivity index (χ1n) is 4.69. The highest BCUT2D eigenvalue weighted by molar-refractivity contribution is 9.10. The Kier molecular flexibility index (Phi) is 2.93. The summed E-state index contributed by atoms with van der Waals surface area (Å²) < 4.78 is 0.746. The second-order valence-corrected chi connectivity index (χ2v) is 4.29. The lowest BCUT2D eigenvalue weighted by atomic mass is 10.0. The first kappa shape index (κ1) is 11.1. The summed E-state index contributed by atoms with van der Waals surface area (Å²) in [5.74, 6) is -1.00. The van der Waals surface area contributed by atoms with Gasteiger partial charge >= 0.3 is 5.97 Å². The Morgan fingerprint density at radius 2 is 2.38 bits per heavy atom. The molecule has 4 N–H and O–H groups in total. The molecule has 0 radical (unpaired) electrons.